The number of amides is 3. The molecule has 3 aromatic carbocycles. The van der Waals surface area contributed by atoms with Crippen LogP contribution >= 0.6 is 81.2 Å². The second-order valence-corrected chi connectivity index (χ2v) is 14.4. The second kappa shape index (κ2) is 11.7. The van der Waals surface area contributed by atoms with Gasteiger partial charge in [0.25, 0.3) is 17.7 Å². The van der Waals surface area contributed by atoms with E-state index < -0.39 is 61.9 Å². The van der Waals surface area contributed by atoms with E-state index >= 15 is 0 Å². The van der Waals surface area contributed by atoms with Crippen molar-refractivity contribution in [2.24, 2.45) is 11.8 Å². The van der Waals surface area contributed by atoms with Crippen molar-refractivity contribution in [3.05, 3.63) is 111 Å². The molecule has 0 aromatic heterocycles. The number of hydrazine groups is 1. The van der Waals surface area contributed by atoms with Crippen LogP contribution in [0, 0.1) is 11.8 Å². The number of imide groups is 1. The number of ketones is 1. The Morgan fingerprint density at radius 2 is 1.20 bits per heavy atom. The van der Waals surface area contributed by atoms with Crippen LogP contribution in [0.3, 0.4) is 0 Å². The summed E-state index contributed by atoms with van der Waals surface area (Å²) in [5.74, 6) is -7.11. The van der Waals surface area contributed by atoms with E-state index in [-0.39, 0.29) is 26.9 Å². The van der Waals surface area contributed by atoms with Crippen LogP contribution in [-0.2, 0) is 9.59 Å². The number of fused-ring (bicyclic) bond motifs is 5. The molecule has 1 saturated carbocycles. The summed E-state index contributed by atoms with van der Waals surface area (Å²) in [5, 5.41) is 0.899. The highest BCUT2D eigenvalue weighted by Crippen LogP contribution is 2.77. The van der Waals surface area contributed by atoms with Crippen LogP contribution in [0.5, 0.6) is 5.75 Å². The maximum absolute atomic E-state index is 14.0. The summed E-state index contributed by atoms with van der Waals surface area (Å²) < 4.78 is 3.17. The number of allylic oxidation sites excluding steroid dienone is 2. The minimum Gasteiger partial charge on any atom is -0.423 e. The van der Waals surface area contributed by atoms with Gasteiger partial charge in [0.1, 0.15) is 22.0 Å². The van der Waals surface area contributed by atoms with Gasteiger partial charge in [-0.05, 0) is 60.7 Å². The number of benzene rings is 3. The molecular weight excluding hydrogens is 745 g/mol. The predicted octanol–water partition coefficient (Wildman–Crippen LogP) is 7.25. The smallest absolute Gasteiger partial charge is 0.343 e. The van der Waals surface area contributed by atoms with Crippen molar-refractivity contribution in [1.82, 2.24) is 10.0 Å². The Labute approximate surface area is 296 Å². The molecule has 0 radical (unpaired) electrons. The molecule has 1 heterocycles. The number of esters is 1. The van der Waals surface area contributed by atoms with Crippen LogP contribution in [0.25, 0.3) is 0 Å². The summed E-state index contributed by atoms with van der Waals surface area (Å²) in [7, 11) is 0. The highest BCUT2D eigenvalue weighted by molar-refractivity contribution is 6.66. The topological polar surface area (TPSA) is 101 Å². The van der Waals surface area contributed by atoms with E-state index in [4.69, 9.17) is 85.9 Å². The average Bonchev–Trinajstić information content (AvgIpc) is 3.43. The average molecular weight is 762 g/mol. The number of ether oxygens (including phenoxy) is 1. The summed E-state index contributed by atoms with van der Waals surface area (Å²) in [6.45, 7) is -0.784. The number of alkyl halides is 4. The van der Waals surface area contributed by atoms with Gasteiger partial charge in [-0.3, -0.25) is 19.2 Å². The molecule has 0 N–H and O–H groups in total. The van der Waals surface area contributed by atoms with Crippen molar-refractivity contribution in [3.63, 3.8) is 0 Å². The van der Waals surface area contributed by atoms with Gasteiger partial charge in [0.05, 0.1) is 27.5 Å². The Balaban J connectivity index is 1.32. The Bertz CT molecular complexity index is 1800. The van der Waals surface area contributed by atoms with Crippen molar-refractivity contribution >= 4 is 111 Å². The van der Waals surface area contributed by atoms with Gasteiger partial charge in [0.2, 0.25) is 0 Å². The molecule has 0 unspecified atom stereocenters. The van der Waals surface area contributed by atoms with Crippen LogP contribution in [-0.4, -0.2) is 60.1 Å². The molecule has 3 aliphatic rings. The lowest BCUT2D eigenvalue weighted by atomic mass is 9.84. The van der Waals surface area contributed by atoms with E-state index in [0.29, 0.717) is 20.6 Å². The van der Waals surface area contributed by atoms with Crippen LogP contribution in [0.15, 0.2) is 88.9 Å². The third kappa shape index (κ3) is 4.68. The van der Waals surface area contributed by atoms with Gasteiger partial charge in [-0.2, -0.15) is 5.01 Å². The molecule has 4 atom stereocenters. The van der Waals surface area contributed by atoms with Crippen LogP contribution in [0.4, 0.5) is 0 Å². The number of nitrogens with zero attached hydrogens (tertiary/aromatic N) is 2. The fourth-order valence-electron chi connectivity index (χ4n) is 5.87. The molecule has 236 valence electrons. The summed E-state index contributed by atoms with van der Waals surface area (Å²) in [6, 6.07) is 19.4. The van der Waals surface area contributed by atoms with Gasteiger partial charge in [-0.25, -0.2) is 9.80 Å². The zero-order valence-corrected chi connectivity index (χ0v) is 28.1. The zero-order valence-electron chi connectivity index (χ0n) is 22.9. The molecule has 2 bridgehead atoms. The quantitative estimate of drug-likeness (QED) is 0.0828. The number of carbonyl (C=O) groups is 5. The summed E-state index contributed by atoms with van der Waals surface area (Å²) >= 11 is 45.6. The fraction of sp³-hybridized carbons (Fsp3) is 0.194. The fourth-order valence-corrected chi connectivity index (χ4v) is 8.92. The maximum atomic E-state index is 14.0. The summed E-state index contributed by atoms with van der Waals surface area (Å²) in [6.07, 6.45) is 0. The van der Waals surface area contributed by atoms with Gasteiger partial charge in [0.15, 0.2) is 10.1 Å². The minimum absolute atomic E-state index is 0.000371. The first-order valence-corrected chi connectivity index (χ1v) is 16.0. The van der Waals surface area contributed by atoms with Crippen molar-refractivity contribution < 1.29 is 28.7 Å². The molecule has 6 rings (SSSR count). The highest BCUT2D eigenvalue weighted by atomic mass is 35.5. The molecular formula is C31H17Cl7N2O6. The molecule has 1 aliphatic heterocycles. The maximum Gasteiger partial charge on any atom is 0.343 e. The molecule has 8 nitrogen and oxygen atoms in total. The number of halogens is 7. The lowest BCUT2D eigenvalue weighted by Gasteiger charge is -2.36. The van der Waals surface area contributed by atoms with E-state index in [1.807, 2.05) is 0 Å². The highest BCUT2D eigenvalue weighted by Gasteiger charge is 2.88. The van der Waals surface area contributed by atoms with E-state index in [0.717, 1.165) is 0 Å². The first-order valence-electron chi connectivity index (χ1n) is 13.3. The molecule has 3 aromatic rings. The first-order chi connectivity index (χ1) is 21.7. The van der Waals surface area contributed by atoms with Crippen molar-refractivity contribution in [1.29, 1.82) is 0 Å². The number of Topliss-reactive ketones (excluding diaryl/α,β-unsaturated/α-hetero) is 1. The summed E-state index contributed by atoms with van der Waals surface area (Å²) in [5.41, 5.74) is 0.400. The third-order valence-electron chi connectivity index (χ3n) is 8.14. The molecule has 0 spiro atoms. The van der Waals surface area contributed by atoms with Gasteiger partial charge in [0, 0.05) is 16.1 Å². The number of carbonyl (C=O) groups excluding carboxylic acids is 5. The predicted molar refractivity (Wildman–Crippen MR) is 174 cm³/mol. The van der Waals surface area contributed by atoms with Gasteiger partial charge in [-0.1, -0.05) is 76.2 Å². The zero-order chi connectivity index (χ0) is 33.3. The molecule has 46 heavy (non-hydrogen) atoms. The SMILES string of the molecule is O=C(CN(C(=O)c1ccc(Cl)cc1)N1C(=O)[C@@H]2[C@H](C1=O)[C@@]1(Cl)C(Cl)=C(Cl)[C@@]2(Cl)C1(Cl)Cl)c1ccc(OC(=O)c2ccccc2)cc1. The third-order valence-corrected chi connectivity index (χ3v) is 12.7. The first kappa shape index (κ1) is 33.1. The van der Waals surface area contributed by atoms with Crippen LogP contribution in [0.2, 0.25) is 5.02 Å². The molecule has 15 heteroatoms. The van der Waals surface area contributed by atoms with E-state index in [2.05, 4.69) is 0 Å². The lowest BCUT2D eigenvalue weighted by Crippen LogP contribution is -2.56. The molecule has 1 saturated heterocycles. The largest absolute Gasteiger partial charge is 0.423 e. The Morgan fingerprint density at radius 3 is 1.72 bits per heavy atom. The normalized spacial score (nSPS) is 25.9. The van der Waals surface area contributed by atoms with Crippen molar-refractivity contribution in [3.8, 4) is 5.75 Å². The van der Waals surface area contributed by atoms with Gasteiger partial charge in [-0.15, -0.1) is 23.2 Å². The van der Waals surface area contributed by atoms with E-state index in [1.165, 1.54) is 48.5 Å². The lowest BCUT2D eigenvalue weighted by molar-refractivity contribution is -0.154. The summed E-state index contributed by atoms with van der Waals surface area (Å²) in [4.78, 5) is 63.7. The minimum atomic E-state index is -2.18. The Morgan fingerprint density at radius 1 is 0.696 bits per heavy atom. The monoisotopic (exact) mass is 758 g/mol. The number of rotatable bonds is 7. The van der Waals surface area contributed by atoms with Crippen molar-refractivity contribution in [2.75, 3.05) is 6.54 Å². The van der Waals surface area contributed by atoms with Crippen molar-refractivity contribution in [2.45, 2.75) is 14.1 Å². The van der Waals surface area contributed by atoms with Crippen LogP contribution < -0.4 is 4.74 Å². The van der Waals surface area contributed by atoms with Gasteiger partial charge >= 0.3 is 5.97 Å². The van der Waals surface area contributed by atoms with E-state index in [1.54, 1.807) is 30.3 Å². The van der Waals surface area contributed by atoms with E-state index in [9.17, 15) is 24.0 Å². The van der Waals surface area contributed by atoms with Crippen LogP contribution in [0.1, 0.15) is 31.1 Å². The van der Waals surface area contributed by atoms with Gasteiger partial charge < -0.3 is 4.74 Å². The number of hydrogen-bond donors (Lipinski definition) is 0. The number of hydrogen-bond acceptors (Lipinski definition) is 6. The Hall–Kier alpha value is -2.82. The second-order valence-electron chi connectivity index (χ2n) is 10.6. The Kier molecular flexibility index (Phi) is 8.42. The molecule has 2 fully saturated rings. The molecule has 2 aliphatic carbocycles. The molecule has 3 amide bonds. The standard InChI is InChI=1S/C31H17Cl7N2O6/c32-18-10-6-16(7-11-18)25(42)39(14-20(41)15-8-12-19(13-9-15)46-28(45)17-4-2-1-3-5-17)40-26(43)21-22(27(40)44)30(36)24(34)23(33)29(21,35)31(30,37)38/h1-13,21-22H,14H2/t21-,22+,29-,30-/m1/s1.